The molecule has 0 heterocycles. The third-order valence-corrected chi connectivity index (χ3v) is 9.84. The van der Waals surface area contributed by atoms with Gasteiger partial charge < -0.3 is 23.3 Å². The van der Waals surface area contributed by atoms with Crippen LogP contribution >= 0.6 is 0 Å². The van der Waals surface area contributed by atoms with E-state index >= 15 is 0 Å². The van der Waals surface area contributed by atoms with Crippen molar-refractivity contribution < 1.29 is 218 Å². The van der Waals surface area contributed by atoms with Crippen molar-refractivity contribution in [1.29, 1.82) is 0 Å². The summed E-state index contributed by atoms with van der Waals surface area (Å²) in [7, 11) is -27.3. The first-order valence-corrected chi connectivity index (χ1v) is 17.6. The van der Waals surface area contributed by atoms with Crippen molar-refractivity contribution in [2.24, 2.45) is 10.2 Å². The van der Waals surface area contributed by atoms with Crippen LogP contribution in [0.2, 0.25) is 0 Å². The zero-order valence-corrected chi connectivity index (χ0v) is 39.2. The fraction of sp³-hybridized carbons (Fsp3) is 0. The molecule has 0 amide bonds. The summed E-state index contributed by atoms with van der Waals surface area (Å²) < 4.78 is 174. The van der Waals surface area contributed by atoms with Crippen molar-refractivity contribution >= 4 is 83.5 Å². The summed E-state index contributed by atoms with van der Waals surface area (Å²) in [6.45, 7) is 0. The predicted octanol–water partition coefficient (Wildman–Crippen LogP) is -14.6. The smallest absolute Gasteiger partial charge is 0.870 e. The topological polar surface area (TPSA) is 331 Å². The molecular weight excluding hydrogens is 800 g/mol. The van der Waals surface area contributed by atoms with Crippen molar-refractivity contribution in [1.82, 2.24) is 0 Å². The Hall–Kier alpha value is 1.35. The van der Waals surface area contributed by atoms with Crippen molar-refractivity contribution in [2.75, 3.05) is 0 Å². The monoisotopic (exact) mass is 808 g/mol. The van der Waals surface area contributed by atoms with Gasteiger partial charge >= 0.3 is 148 Å². The second-order valence-electron chi connectivity index (χ2n) is 8.39. The summed E-state index contributed by atoms with van der Waals surface area (Å²) in [5, 5.41) is 17.4. The molecule has 0 unspecified atom stereocenters. The molecule has 18 nitrogen and oxygen atoms in total. The molecule has 0 saturated carbocycles. The van der Waals surface area contributed by atoms with Gasteiger partial charge in [0.25, 0.3) is 10.1 Å². The molecule has 4 aromatic carbocycles. The quantitative estimate of drug-likeness (QED) is 0.103. The van der Waals surface area contributed by atoms with Gasteiger partial charge in [0.1, 0.15) is 46.2 Å². The standard InChI is InChI=1S/C20H14N2O16S5.5Na/c23-20-17(43(36,37)38)7-11-4-13(40(27,28)29)8-16(42(33,34)35)18(11)19(20)22-21-14-5-9-1-2-12(39(24,25)26)3-10(9)6-15(14)41(30,31)32;;;;;/h1-8,23H,(H,24,25,26)(H,27,28,29)(H,30,31,32)(H,33,34,35)(H,36,37,38);;;;;/q;5*+1/p-5. The Balaban J connectivity index is 0. The summed E-state index contributed by atoms with van der Waals surface area (Å²) in [5.41, 5.74) is -2.30. The minimum Gasteiger partial charge on any atom is -0.870 e. The van der Waals surface area contributed by atoms with Crippen LogP contribution in [0.15, 0.2) is 83.2 Å². The van der Waals surface area contributed by atoms with Crippen LogP contribution in [-0.4, -0.2) is 64.9 Å². The fourth-order valence-electron chi connectivity index (χ4n) is 3.82. The Morgan fingerprint density at radius 1 is 0.500 bits per heavy atom. The van der Waals surface area contributed by atoms with E-state index in [1.54, 1.807) is 0 Å². The molecule has 28 heteroatoms. The summed E-state index contributed by atoms with van der Waals surface area (Å²) in [6.07, 6.45) is 0. The van der Waals surface area contributed by atoms with Crippen LogP contribution in [-0.2, 0) is 50.6 Å². The van der Waals surface area contributed by atoms with E-state index in [0.29, 0.717) is 12.1 Å². The number of fused-ring (bicyclic) bond motifs is 2. The molecule has 0 spiro atoms. The molecule has 48 heavy (non-hydrogen) atoms. The van der Waals surface area contributed by atoms with E-state index in [1.165, 1.54) is 0 Å². The average molecular weight is 809 g/mol. The number of hydrogen-bond donors (Lipinski definition) is 1. The second kappa shape index (κ2) is 18.1. The molecule has 0 radical (unpaired) electrons. The van der Waals surface area contributed by atoms with Crippen molar-refractivity contribution in [3.63, 3.8) is 0 Å². The van der Waals surface area contributed by atoms with Gasteiger partial charge in [-0.1, -0.05) is 11.8 Å². The minimum atomic E-state index is -5.79. The van der Waals surface area contributed by atoms with Gasteiger partial charge in [-0.25, -0.2) is 33.7 Å². The normalized spacial score (nSPS) is 12.3. The van der Waals surface area contributed by atoms with E-state index in [-0.39, 0.29) is 171 Å². The van der Waals surface area contributed by atoms with Gasteiger partial charge in [-0.15, -0.1) is 5.11 Å². The molecule has 0 aromatic heterocycles. The maximum absolute atomic E-state index is 13.0. The van der Waals surface area contributed by atoms with E-state index in [4.69, 9.17) is 0 Å². The summed E-state index contributed by atoms with van der Waals surface area (Å²) in [5.74, 6) is -1.83. The molecular formula is C20H9N2Na5O16S5. The van der Waals surface area contributed by atoms with Crippen LogP contribution in [0.3, 0.4) is 0 Å². The molecule has 0 saturated heterocycles. The molecule has 1 N–H and O–H groups in total. The number of hydrogen-bond acceptors (Lipinski definition) is 17. The predicted molar refractivity (Wildman–Crippen MR) is 133 cm³/mol. The SMILES string of the molecule is O=S(=O)([O-])c1ccc2cc(N=Nc3c([O-])c(S(=O)(=O)O)cc4cc(S(=O)(=O)[O-])cc(S(=O)(=O)[O-])c34)c(S(=O)(=O)[O-])cc2c1.[Na+].[Na+].[Na+].[Na+].[Na+]. The molecule has 4 aromatic rings. The minimum absolute atomic E-state index is 0. The van der Waals surface area contributed by atoms with Crippen LogP contribution in [0.4, 0.5) is 11.4 Å². The largest absolute Gasteiger partial charge is 1.00 e. The van der Waals surface area contributed by atoms with Gasteiger partial charge in [0.05, 0.1) is 30.2 Å². The summed E-state index contributed by atoms with van der Waals surface area (Å²) in [4.78, 5) is -6.55. The number of benzene rings is 4. The Morgan fingerprint density at radius 2 is 0.979 bits per heavy atom. The first-order chi connectivity index (χ1) is 19.4. The number of rotatable bonds is 7. The van der Waals surface area contributed by atoms with Crippen LogP contribution in [0, 0.1) is 0 Å². The third kappa shape index (κ3) is 11.7. The Labute approximate surface area is 383 Å². The Morgan fingerprint density at radius 3 is 1.44 bits per heavy atom. The van der Waals surface area contributed by atoms with Crippen molar-refractivity contribution in [2.45, 2.75) is 24.5 Å². The van der Waals surface area contributed by atoms with Gasteiger partial charge in [-0.05, 0) is 58.6 Å². The molecule has 0 bridgehead atoms. The van der Waals surface area contributed by atoms with Crippen LogP contribution in [0.5, 0.6) is 5.75 Å². The molecule has 230 valence electrons. The third-order valence-electron chi connectivity index (χ3n) is 5.61. The van der Waals surface area contributed by atoms with Crippen LogP contribution in [0.25, 0.3) is 21.5 Å². The molecule has 0 fully saturated rings. The van der Waals surface area contributed by atoms with Gasteiger partial charge in [0.15, 0.2) is 0 Å². The van der Waals surface area contributed by atoms with Crippen molar-refractivity contribution in [3.8, 4) is 5.75 Å². The maximum atomic E-state index is 13.0. The van der Waals surface area contributed by atoms with Crippen LogP contribution in [0.1, 0.15) is 0 Å². The molecule has 0 atom stereocenters. The number of azo groups is 1. The van der Waals surface area contributed by atoms with Gasteiger partial charge in [0.2, 0.25) is 0 Å². The van der Waals surface area contributed by atoms with Gasteiger partial charge in [-0.3, -0.25) is 4.55 Å². The van der Waals surface area contributed by atoms with E-state index < -0.39 is 103 Å². The van der Waals surface area contributed by atoms with Crippen LogP contribution < -0.4 is 153 Å². The van der Waals surface area contributed by atoms with Crippen molar-refractivity contribution in [3.05, 3.63) is 48.5 Å². The Bertz CT molecular complexity index is 2490. The first kappa shape index (κ1) is 51.5. The first-order valence-electron chi connectivity index (χ1n) is 10.5. The second-order valence-corrected chi connectivity index (χ2v) is 15.2. The molecule has 0 aliphatic rings. The van der Waals surface area contributed by atoms with Gasteiger partial charge in [0, 0.05) is 5.39 Å². The van der Waals surface area contributed by atoms with E-state index in [2.05, 4.69) is 10.2 Å². The zero-order chi connectivity index (χ0) is 32.5. The maximum Gasteiger partial charge on any atom is 1.00 e. The summed E-state index contributed by atoms with van der Waals surface area (Å²) >= 11 is 0. The molecule has 4 rings (SSSR count). The summed E-state index contributed by atoms with van der Waals surface area (Å²) in [6, 6.07) is 4.51. The molecule has 0 aliphatic heterocycles. The Kier molecular flexibility index (Phi) is 19.4. The van der Waals surface area contributed by atoms with Gasteiger partial charge in [-0.2, -0.15) is 13.5 Å². The molecule has 0 aliphatic carbocycles. The van der Waals surface area contributed by atoms with E-state index in [0.717, 1.165) is 24.3 Å². The van der Waals surface area contributed by atoms with E-state index in [1.807, 2.05) is 0 Å². The number of nitrogens with zero attached hydrogens (tertiary/aromatic N) is 2. The fourth-order valence-corrected chi connectivity index (χ4v) is 6.91. The average Bonchev–Trinajstić information content (AvgIpc) is 2.83. The zero-order valence-electron chi connectivity index (χ0n) is 25.1. The van der Waals surface area contributed by atoms with E-state index in [9.17, 15) is 70.0 Å².